The fourth-order valence-corrected chi connectivity index (χ4v) is 4.83. The highest BCUT2D eigenvalue weighted by Gasteiger charge is 2.48. The Labute approximate surface area is 156 Å². The van der Waals surface area contributed by atoms with E-state index in [-0.39, 0.29) is 5.54 Å². The van der Waals surface area contributed by atoms with Gasteiger partial charge in [0.1, 0.15) is 5.54 Å². The maximum absolute atomic E-state index is 13.7. The summed E-state index contributed by atoms with van der Waals surface area (Å²) in [4.78, 5) is 24.9. The first-order chi connectivity index (χ1) is 12.7. The van der Waals surface area contributed by atoms with Crippen LogP contribution in [0.3, 0.4) is 0 Å². The Morgan fingerprint density at radius 1 is 1.12 bits per heavy atom. The van der Waals surface area contributed by atoms with E-state index in [4.69, 9.17) is 0 Å². The van der Waals surface area contributed by atoms with Crippen molar-refractivity contribution in [1.29, 1.82) is 0 Å². The number of amides is 1. The summed E-state index contributed by atoms with van der Waals surface area (Å²) in [5.74, 6) is 0.369. The number of piperazine rings is 1. The summed E-state index contributed by atoms with van der Waals surface area (Å²) in [6, 6.07) is 4.07. The minimum absolute atomic E-state index is 0.251. The van der Waals surface area contributed by atoms with E-state index in [9.17, 15) is 4.79 Å². The smallest absolute Gasteiger partial charge is 0.243 e. The van der Waals surface area contributed by atoms with E-state index in [0.29, 0.717) is 5.91 Å². The summed E-state index contributed by atoms with van der Waals surface area (Å²) < 4.78 is 0. The molecule has 0 unspecified atom stereocenters. The Morgan fingerprint density at radius 3 is 2.58 bits per heavy atom. The summed E-state index contributed by atoms with van der Waals surface area (Å²) in [6.07, 6.45) is 11.3. The predicted octanol–water partition coefficient (Wildman–Crippen LogP) is 2.26. The number of likely N-dealkylation sites (N-methyl/N-ethyl adjacent to an activating group) is 1. The molecule has 0 radical (unpaired) electrons. The van der Waals surface area contributed by atoms with Crippen molar-refractivity contribution in [3.63, 3.8) is 0 Å². The fraction of sp³-hybridized carbons (Fsp3) is 0.619. The van der Waals surface area contributed by atoms with Crippen LogP contribution in [0, 0.1) is 0 Å². The van der Waals surface area contributed by atoms with Gasteiger partial charge >= 0.3 is 0 Å². The van der Waals surface area contributed by atoms with Gasteiger partial charge in [0.25, 0.3) is 0 Å². The van der Waals surface area contributed by atoms with Gasteiger partial charge in [0.05, 0.1) is 0 Å². The molecule has 0 atom stereocenters. The van der Waals surface area contributed by atoms with E-state index in [2.05, 4.69) is 38.9 Å². The molecule has 5 nitrogen and oxygen atoms in total. The first-order valence-electron chi connectivity index (χ1n) is 10.0. The predicted molar refractivity (Wildman–Crippen MR) is 104 cm³/mol. The van der Waals surface area contributed by atoms with E-state index in [0.717, 1.165) is 64.1 Å². The molecule has 3 aliphatic rings. The number of carbonyl (C=O) groups excluding carboxylic acids is 1. The first kappa shape index (κ1) is 17.7. The second-order valence-electron chi connectivity index (χ2n) is 8.02. The topological polar surface area (TPSA) is 39.7 Å². The Balaban J connectivity index is 1.52. The number of rotatable bonds is 3. The van der Waals surface area contributed by atoms with Gasteiger partial charge in [-0.25, -0.2) is 0 Å². The molecule has 0 aromatic carbocycles. The van der Waals surface area contributed by atoms with Crippen LogP contribution < -0.4 is 0 Å². The number of nitrogens with zero attached hydrogens (tertiary/aromatic N) is 4. The Bertz CT molecular complexity index is 658. The Morgan fingerprint density at radius 2 is 1.88 bits per heavy atom. The van der Waals surface area contributed by atoms with Gasteiger partial charge in [0.2, 0.25) is 5.91 Å². The second kappa shape index (κ2) is 7.49. The third-order valence-electron chi connectivity index (χ3n) is 6.41. The number of hydrogen-bond acceptors (Lipinski definition) is 4. The molecule has 3 heterocycles. The van der Waals surface area contributed by atoms with Crippen molar-refractivity contribution in [3.8, 4) is 0 Å². The summed E-state index contributed by atoms with van der Waals surface area (Å²) in [5.41, 5.74) is 2.13. The number of carbonyl (C=O) groups is 1. The van der Waals surface area contributed by atoms with Crippen LogP contribution in [0.1, 0.15) is 37.7 Å². The van der Waals surface area contributed by atoms with Gasteiger partial charge in [-0.2, -0.15) is 0 Å². The Kier molecular flexibility index (Phi) is 5.09. The highest BCUT2D eigenvalue weighted by molar-refractivity contribution is 5.88. The highest BCUT2D eigenvalue weighted by Crippen LogP contribution is 2.38. The zero-order chi connectivity index (χ0) is 18.0. The average Bonchev–Trinajstić information content (AvgIpc) is 3.20. The summed E-state index contributed by atoms with van der Waals surface area (Å²) in [5, 5.41) is 0. The molecule has 1 aliphatic carbocycles. The monoisotopic (exact) mass is 354 g/mol. The minimum atomic E-state index is -0.251. The molecule has 5 heteroatoms. The van der Waals surface area contributed by atoms with Crippen molar-refractivity contribution in [2.75, 3.05) is 46.3 Å². The van der Waals surface area contributed by atoms with Gasteiger partial charge in [0, 0.05) is 51.7 Å². The lowest BCUT2D eigenvalue weighted by Crippen LogP contribution is -2.62. The normalized spacial score (nSPS) is 24.5. The van der Waals surface area contributed by atoms with Gasteiger partial charge in [0.15, 0.2) is 0 Å². The van der Waals surface area contributed by atoms with Crippen LogP contribution in [0.15, 0.2) is 30.6 Å². The molecular weight excluding hydrogens is 324 g/mol. The van der Waals surface area contributed by atoms with Crippen LogP contribution in [0.5, 0.6) is 0 Å². The fourth-order valence-electron chi connectivity index (χ4n) is 4.83. The van der Waals surface area contributed by atoms with Gasteiger partial charge in [-0.05, 0) is 43.5 Å². The molecule has 4 rings (SSSR count). The molecule has 1 aromatic rings. The minimum Gasteiger partial charge on any atom is -0.336 e. The zero-order valence-electron chi connectivity index (χ0n) is 15.9. The van der Waals surface area contributed by atoms with Gasteiger partial charge < -0.3 is 9.80 Å². The lowest BCUT2D eigenvalue weighted by atomic mass is 9.90. The van der Waals surface area contributed by atoms with Crippen LogP contribution in [0.4, 0.5) is 0 Å². The summed E-state index contributed by atoms with van der Waals surface area (Å²) in [7, 11) is 2.18. The van der Waals surface area contributed by atoms with Crippen LogP contribution in [0.25, 0.3) is 5.57 Å². The average molecular weight is 354 g/mol. The van der Waals surface area contributed by atoms with Crippen LogP contribution in [0.2, 0.25) is 0 Å². The third-order valence-corrected chi connectivity index (χ3v) is 6.41. The molecule has 2 fully saturated rings. The molecule has 140 valence electrons. The van der Waals surface area contributed by atoms with E-state index in [1.54, 1.807) is 6.20 Å². The molecule has 26 heavy (non-hydrogen) atoms. The zero-order valence-corrected chi connectivity index (χ0v) is 15.9. The SMILES string of the molecule is CN1CCN(C2(C(=O)N3CCC=C(c4cccnc4)C3)CCCC2)CC1. The van der Waals surface area contributed by atoms with Crippen molar-refractivity contribution in [2.24, 2.45) is 0 Å². The maximum atomic E-state index is 13.7. The maximum Gasteiger partial charge on any atom is 0.243 e. The molecule has 0 bridgehead atoms. The van der Waals surface area contributed by atoms with Gasteiger partial charge in [-0.15, -0.1) is 0 Å². The standard InChI is InChI=1S/C21H30N4O/c1-23-12-14-25(15-13-23)21(8-2-3-9-21)20(26)24-11-5-7-19(17-24)18-6-4-10-22-16-18/h4,6-7,10,16H,2-3,5,8-9,11-15,17H2,1H3. The van der Waals surface area contributed by atoms with Gasteiger partial charge in [-0.1, -0.05) is 25.0 Å². The molecule has 2 aliphatic heterocycles. The van der Waals surface area contributed by atoms with E-state index in [1.165, 1.54) is 18.4 Å². The van der Waals surface area contributed by atoms with E-state index in [1.807, 2.05) is 12.3 Å². The van der Waals surface area contributed by atoms with Gasteiger partial charge in [-0.3, -0.25) is 14.7 Å². The quantitative estimate of drug-likeness (QED) is 0.835. The first-order valence-corrected chi connectivity index (χ1v) is 10.0. The summed E-state index contributed by atoms with van der Waals surface area (Å²) >= 11 is 0. The number of pyridine rings is 1. The highest BCUT2D eigenvalue weighted by atomic mass is 16.2. The van der Waals surface area contributed by atoms with Crippen molar-refractivity contribution in [1.82, 2.24) is 19.7 Å². The Hall–Kier alpha value is -1.72. The second-order valence-corrected chi connectivity index (χ2v) is 8.02. The molecule has 1 saturated carbocycles. The lowest BCUT2D eigenvalue weighted by molar-refractivity contribution is -0.145. The molecule has 1 aromatic heterocycles. The third kappa shape index (κ3) is 3.30. The largest absolute Gasteiger partial charge is 0.336 e. The number of aromatic nitrogens is 1. The van der Waals surface area contributed by atoms with Crippen LogP contribution >= 0.6 is 0 Å². The van der Waals surface area contributed by atoms with Crippen molar-refractivity contribution >= 4 is 11.5 Å². The summed E-state index contributed by atoms with van der Waals surface area (Å²) in [6.45, 7) is 5.73. The number of hydrogen-bond donors (Lipinski definition) is 0. The van der Waals surface area contributed by atoms with Crippen LogP contribution in [-0.4, -0.2) is 77.4 Å². The molecule has 1 amide bonds. The van der Waals surface area contributed by atoms with Crippen LogP contribution in [-0.2, 0) is 4.79 Å². The van der Waals surface area contributed by atoms with E-state index < -0.39 is 0 Å². The molecule has 0 N–H and O–H groups in total. The molecule has 1 saturated heterocycles. The van der Waals surface area contributed by atoms with Crippen molar-refractivity contribution < 1.29 is 4.79 Å². The van der Waals surface area contributed by atoms with Crippen molar-refractivity contribution in [2.45, 2.75) is 37.6 Å². The molecular formula is C21H30N4O. The molecule has 0 spiro atoms. The lowest BCUT2D eigenvalue weighted by Gasteiger charge is -2.46. The van der Waals surface area contributed by atoms with E-state index >= 15 is 0 Å². The van der Waals surface area contributed by atoms with Crippen molar-refractivity contribution in [3.05, 3.63) is 36.2 Å².